The minimum absolute atomic E-state index is 0. The molecule has 0 fully saturated rings. The van der Waals surface area contributed by atoms with Crippen molar-refractivity contribution in [1.82, 2.24) is 0 Å². The van der Waals surface area contributed by atoms with Crippen molar-refractivity contribution >= 4 is 61.7 Å². The third-order valence-corrected chi connectivity index (χ3v) is 5.29. The van der Waals surface area contributed by atoms with Crippen LogP contribution in [0.3, 0.4) is 0 Å². The van der Waals surface area contributed by atoms with Crippen LogP contribution in [0.15, 0.2) is 47.5 Å². The molecule has 3 aromatic rings. The Hall–Kier alpha value is -0.930. The maximum absolute atomic E-state index is 12.7. The summed E-state index contributed by atoms with van der Waals surface area (Å²) in [7, 11) is 0. The van der Waals surface area contributed by atoms with E-state index in [1.165, 1.54) is 34.8 Å². The number of rotatable bonds is 1. The monoisotopic (exact) mass is 453 g/mol. The highest BCUT2D eigenvalue weighted by Crippen LogP contribution is 2.33. The van der Waals surface area contributed by atoms with E-state index in [9.17, 15) is 13.2 Å². The SMILES string of the molecule is Cc1ccccc1N=c1sc2ccc(C(F)(F)F)cc2s1.I. The zero-order chi connectivity index (χ0) is 15.0. The molecule has 2 aromatic carbocycles. The summed E-state index contributed by atoms with van der Waals surface area (Å²) in [6.45, 7) is 1.96. The molecule has 1 aromatic heterocycles. The van der Waals surface area contributed by atoms with E-state index < -0.39 is 11.7 Å². The van der Waals surface area contributed by atoms with E-state index in [1.54, 1.807) is 0 Å². The highest BCUT2D eigenvalue weighted by Gasteiger charge is 2.30. The summed E-state index contributed by atoms with van der Waals surface area (Å²) < 4.78 is 40.3. The second-order valence-electron chi connectivity index (χ2n) is 4.53. The number of hydrogen-bond acceptors (Lipinski definition) is 3. The first-order chi connectivity index (χ1) is 9.93. The molecule has 0 atom stereocenters. The van der Waals surface area contributed by atoms with Crippen molar-refractivity contribution in [3.63, 3.8) is 0 Å². The van der Waals surface area contributed by atoms with Crippen molar-refractivity contribution in [3.8, 4) is 0 Å². The Morgan fingerprint density at radius 3 is 2.32 bits per heavy atom. The van der Waals surface area contributed by atoms with Gasteiger partial charge in [0.15, 0.2) is 3.98 Å². The lowest BCUT2D eigenvalue weighted by molar-refractivity contribution is -0.137. The molecule has 1 heterocycles. The Morgan fingerprint density at radius 1 is 0.955 bits per heavy atom. The van der Waals surface area contributed by atoms with Gasteiger partial charge < -0.3 is 0 Å². The zero-order valence-electron chi connectivity index (χ0n) is 11.3. The number of alkyl halides is 3. The third-order valence-electron chi connectivity index (χ3n) is 2.99. The van der Waals surface area contributed by atoms with E-state index in [0.717, 1.165) is 26.0 Å². The summed E-state index contributed by atoms with van der Waals surface area (Å²) in [6.07, 6.45) is -4.31. The number of fused-ring (bicyclic) bond motifs is 1. The van der Waals surface area contributed by atoms with Crippen LogP contribution in [-0.4, -0.2) is 0 Å². The normalized spacial score (nSPS) is 12.5. The zero-order valence-corrected chi connectivity index (χ0v) is 15.3. The summed E-state index contributed by atoms with van der Waals surface area (Å²) in [5.41, 5.74) is 1.26. The second kappa shape index (κ2) is 6.67. The predicted octanol–water partition coefficient (Wildman–Crippen LogP) is 6.14. The molecule has 0 amide bonds. The number of para-hydroxylation sites is 1. The van der Waals surface area contributed by atoms with Gasteiger partial charge in [0.25, 0.3) is 0 Å². The Labute approximate surface area is 150 Å². The van der Waals surface area contributed by atoms with Crippen molar-refractivity contribution in [1.29, 1.82) is 0 Å². The second-order valence-corrected chi connectivity index (χ2v) is 6.85. The van der Waals surface area contributed by atoms with Crippen LogP contribution in [-0.2, 0) is 6.18 Å². The van der Waals surface area contributed by atoms with Gasteiger partial charge in [0.05, 0.1) is 11.3 Å². The van der Waals surface area contributed by atoms with Crippen LogP contribution in [0.1, 0.15) is 11.1 Å². The lowest BCUT2D eigenvalue weighted by atomic mass is 10.2. The maximum Gasteiger partial charge on any atom is 0.416 e. The van der Waals surface area contributed by atoms with E-state index in [0.29, 0.717) is 4.70 Å². The number of aryl methyl sites for hydroxylation is 1. The largest absolute Gasteiger partial charge is 0.416 e. The van der Waals surface area contributed by atoms with Crippen LogP contribution >= 0.6 is 46.7 Å². The Morgan fingerprint density at radius 2 is 1.64 bits per heavy atom. The van der Waals surface area contributed by atoms with Gasteiger partial charge in [-0.2, -0.15) is 13.2 Å². The summed E-state index contributed by atoms with van der Waals surface area (Å²) in [5.74, 6) is 0. The molecule has 0 saturated heterocycles. The van der Waals surface area contributed by atoms with Crippen LogP contribution in [0.4, 0.5) is 18.9 Å². The van der Waals surface area contributed by atoms with E-state index in [4.69, 9.17) is 0 Å². The van der Waals surface area contributed by atoms with Gasteiger partial charge in [-0.25, -0.2) is 4.99 Å². The number of halogens is 4. The quantitative estimate of drug-likeness (QED) is 0.393. The minimum atomic E-state index is -4.31. The molecule has 0 aliphatic rings. The summed E-state index contributed by atoms with van der Waals surface area (Å²) in [4.78, 5) is 4.53. The first kappa shape index (κ1) is 17.4. The number of hydrogen-bond donors (Lipinski definition) is 0. The molecule has 0 aliphatic heterocycles. The van der Waals surface area contributed by atoms with Crippen LogP contribution in [0.5, 0.6) is 0 Å². The Bertz CT molecular complexity index is 865. The molecular formula is C15H11F3INS2. The minimum Gasteiger partial charge on any atom is -0.227 e. The van der Waals surface area contributed by atoms with Gasteiger partial charge in [0, 0.05) is 9.40 Å². The number of nitrogens with zero attached hydrogens (tertiary/aromatic N) is 1. The molecule has 0 unspecified atom stereocenters. The molecule has 1 nitrogen and oxygen atoms in total. The molecule has 0 spiro atoms. The van der Waals surface area contributed by atoms with Crippen LogP contribution in [0, 0.1) is 6.92 Å². The topological polar surface area (TPSA) is 12.4 Å². The predicted molar refractivity (Wildman–Crippen MR) is 96.5 cm³/mol. The van der Waals surface area contributed by atoms with Gasteiger partial charge >= 0.3 is 6.18 Å². The van der Waals surface area contributed by atoms with E-state index in [2.05, 4.69) is 4.99 Å². The van der Waals surface area contributed by atoms with Gasteiger partial charge in [0.1, 0.15) is 0 Å². The fourth-order valence-corrected chi connectivity index (χ4v) is 4.16. The maximum atomic E-state index is 12.7. The van der Waals surface area contributed by atoms with Gasteiger partial charge in [0.2, 0.25) is 0 Å². The van der Waals surface area contributed by atoms with E-state index >= 15 is 0 Å². The smallest absolute Gasteiger partial charge is 0.227 e. The molecule has 0 radical (unpaired) electrons. The molecule has 0 saturated carbocycles. The highest BCUT2D eigenvalue weighted by atomic mass is 127. The van der Waals surface area contributed by atoms with Gasteiger partial charge in [-0.05, 0) is 36.8 Å². The molecule has 22 heavy (non-hydrogen) atoms. The van der Waals surface area contributed by atoms with Crippen LogP contribution < -0.4 is 3.98 Å². The van der Waals surface area contributed by atoms with E-state index in [-0.39, 0.29) is 24.0 Å². The average Bonchev–Trinajstić information content (AvgIpc) is 2.81. The Balaban J connectivity index is 0.00000176. The lowest BCUT2D eigenvalue weighted by Crippen LogP contribution is -2.03. The molecule has 7 heteroatoms. The van der Waals surface area contributed by atoms with Crippen molar-refractivity contribution in [3.05, 3.63) is 57.6 Å². The fourth-order valence-electron chi connectivity index (χ4n) is 1.89. The number of benzene rings is 2. The van der Waals surface area contributed by atoms with E-state index in [1.807, 2.05) is 31.2 Å². The molecule has 0 bridgehead atoms. The Kier molecular flexibility index (Phi) is 5.29. The average molecular weight is 453 g/mol. The molecule has 0 aliphatic carbocycles. The molecule has 116 valence electrons. The van der Waals surface area contributed by atoms with Gasteiger partial charge in [-0.15, -0.1) is 46.7 Å². The summed E-state index contributed by atoms with van der Waals surface area (Å²) >= 11 is 2.69. The molecule has 3 rings (SSSR count). The molecular weight excluding hydrogens is 442 g/mol. The first-order valence-corrected chi connectivity index (χ1v) is 7.78. The molecule has 0 N–H and O–H groups in total. The van der Waals surface area contributed by atoms with Crippen molar-refractivity contribution < 1.29 is 13.2 Å². The standard InChI is InChI=1S/C15H10F3NS2.HI/c1-9-4-2-3-5-11(9)19-14-20-12-7-6-10(15(16,17)18)8-13(12)21-14;/h2-8H,1H3;1H. The van der Waals surface area contributed by atoms with Gasteiger partial charge in [-0.3, -0.25) is 0 Å². The lowest BCUT2D eigenvalue weighted by Gasteiger charge is -2.05. The van der Waals surface area contributed by atoms with Gasteiger partial charge in [-0.1, -0.05) is 18.2 Å². The van der Waals surface area contributed by atoms with Crippen LogP contribution in [0.2, 0.25) is 0 Å². The highest BCUT2D eigenvalue weighted by molar-refractivity contribution is 14.0. The summed E-state index contributed by atoms with van der Waals surface area (Å²) in [6, 6.07) is 11.5. The van der Waals surface area contributed by atoms with Crippen molar-refractivity contribution in [2.24, 2.45) is 4.99 Å². The van der Waals surface area contributed by atoms with Crippen molar-refractivity contribution in [2.45, 2.75) is 13.1 Å². The van der Waals surface area contributed by atoms with Crippen molar-refractivity contribution in [2.75, 3.05) is 0 Å². The summed E-state index contributed by atoms with van der Waals surface area (Å²) in [5, 5.41) is 0. The van der Waals surface area contributed by atoms with Crippen LogP contribution in [0.25, 0.3) is 9.40 Å². The fraction of sp³-hybridized carbons (Fsp3) is 0.133. The third kappa shape index (κ3) is 3.69. The first-order valence-electron chi connectivity index (χ1n) is 6.15.